The van der Waals surface area contributed by atoms with Crippen molar-refractivity contribution < 1.29 is 4.39 Å². The highest BCUT2D eigenvalue weighted by atomic mass is 35.5. The molecule has 0 saturated heterocycles. The third-order valence-corrected chi connectivity index (χ3v) is 3.58. The van der Waals surface area contributed by atoms with Gasteiger partial charge in [0.25, 0.3) is 5.56 Å². The van der Waals surface area contributed by atoms with Gasteiger partial charge >= 0.3 is 5.69 Å². The van der Waals surface area contributed by atoms with Crippen molar-refractivity contribution in [3.63, 3.8) is 0 Å². The van der Waals surface area contributed by atoms with E-state index in [2.05, 4.69) is 4.98 Å². The Kier molecular flexibility index (Phi) is 3.68. The van der Waals surface area contributed by atoms with Crippen molar-refractivity contribution in [2.24, 2.45) is 0 Å². The van der Waals surface area contributed by atoms with E-state index in [1.165, 1.54) is 11.3 Å². The first-order valence-electron chi connectivity index (χ1n) is 5.21. The molecule has 0 aromatic carbocycles. The molecule has 0 radical (unpaired) electrons. The second-order valence-corrected chi connectivity index (χ2v) is 5.08. The van der Waals surface area contributed by atoms with E-state index in [-0.39, 0.29) is 0 Å². The lowest BCUT2D eigenvalue weighted by Gasteiger charge is -2.13. The maximum atomic E-state index is 13.4. The van der Waals surface area contributed by atoms with Gasteiger partial charge in [-0.2, -0.15) is 15.7 Å². The van der Waals surface area contributed by atoms with Gasteiger partial charge in [0.1, 0.15) is 0 Å². The molecule has 96 valence electrons. The van der Waals surface area contributed by atoms with Gasteiger partial charge in [-0.15, -0.1) is 0 Å². The minimum Gasteiger partial charge on any atom is -0.295 e. The predicted molar refractivity (Wildman–Crippen MR) is 69.0 cm³/mol. The Morgan fingerprint density at radius 2 is 2.28 bits per heavy atom. The predicted octanol–water partition coefficient (Wildman–Crippen LogP) is 2.19. The van der Waals surface area contributed by atoms with Crippen LogP contribution in [0.3, 0.4) is 0 Å². The van der Waals surface area contributed by atoms with E-state index in [1.807, 2.05) is 16.8 Å². The molecule has 2 rings (SSSR count). The molecule has 7 heteroatoms. The molecule has 0 aliphatic heterocycles. The first-order valence-corrected chi connectivity index (χ1v) is 6.53. The van der Waals surface area contributed by atoms with Crippen LogP contribution in [0.5, 0.6) is 0 Å². The zero-order valence-electron chi connectivity index (χ0n) is 9.44. The van der Waals surface area contributed by atoms with Crippen molar-refractivity contribution in [3.8, 4) is 0 Å². The van der Waals surface area contributed by atoms with Gasteiger partial charge in [0.2, 0.25) is 5.82 Å². The summed E-state index contributed by atoms with van der Waals surface area (Å²) in [6, 6.07) is 1.45. The van der Waals surface area contributed by atoms with E-state index in [1.54, 1.807) is 6.92 Å². The fourth-order valence-electron chi connectivity index (χ4n) is 1.74. The second kappa shape index (κ2) is 5.07. The van der Waals surface area contributed by atoms with Crippen molar-refractivity contribution in [1.29, 1.82) is 0 Å². The average Bonchev–Trinajstić information content (AvgIpc) is 2.78. The lowest BCUT2D eigenvalue weighted by atomic mass is 10.1. The minimum absolute atomic E-state index is 0.442. The average molecular weight is 289 g/mol. The number of hydrogen-bond donors (Lipinski definition) is 1. The van der Waals surface area contributed by atoms with Crippen molar-refractivity contribution >= 4 is 22.9 Å². The summed E-state index contributed by atoms with van der Waals surface area (Å²) >= 11 is 6.92. The highest BCUT2D eigenvalue weighted by molar-refractivity contribution is 7.07. The smallest absolute Gasteiger partial charge is 0.295 e. The number of halogens is 2. The van der Waals surface area contributed by atoms with Crippen LogP contribution >= 0.6 is 22.9 Å². The van der Waals surface area contributed by atoms with Crippen LogP contribution in [-0.2, 0) is 6.42 Å². The van der Waals surface area contributed by atoms with Crippen LogP contribution < -0.4 is 11.2 Å². The molecule has 0 spiro atoms. The lowest BCUT2D eigenvalue weighted by Crippen LogP contribution is -2.39. The summed E-state index contributed by atoms with van der Waals surface area (Å²) in [4.78, 5) is 25.4. The molecule has 0 saturated carbocycles. The molecule has 0 amide bonds. The summed E-state index contributed by atoms with van der Waals surface area (Å²) < 4.78 is 14.2. The zero-order valence-corrected chi connectivity index (χ0v) is 11.0. The largest absolute Gasteiger partial charge is 0.329 e. The first-order chi connectivity index (χ1) is 8.50. The summed E-state index contributed by atoms with van der Waals surface area (Å²) in [6.45, 7) is 1.68. The van der Waals surface area contributed by atoms with Crippen LogP contribution in [0.2, 0.25) is 5.15 Å². The topological polar surface area (TPSA) is 54.9 Å². The van der Waals surface area contributed by atoms with Crippen LogP contribution in [0.15, 0.2) is 26.4 Å². The maximum Gasteiger partial charge on any atom is 0.329 e. The van der Waals surface area contributed by atoms with Gasteiger partial charge in [0, 0.05) is 6.04 Å². The van der Waals surface area contributed by atoms with Crippen LogP contribution in [0, 0.1) is 5.82 Å². The molecule has 2 aromatic rings. The molecule has 1 atom stereocenters. The van der Waals surface area contributed by atoms with Crippen LogP contribution in [0.1, 0.15) is 18.5 Å². The third kappa shape index (κ3) is 2.39. The first kappa shape index (κ1) is 13.0. The van der Waals surface area contributed by atoms with Gasteiger partial charge in [-0.05, 0) is 35.7 Å². The quantitative estimate of drug-likeness (QED) is 0.880. The number of thiophene rings is 1. The van der Waals surface area contributed by atoms with E-state index in [9.17, 15) is 14.0 Å². The van der Waals surface area contributed by atoms with E-state index < -0.39 is 28.3 Å². The number of nitrogens with zero attached hydrogens (tertiary/aromatic N) is 1. The number of nitrogens with one attached hydrogen (secondary N) is 1. The Hall–Kier alpha value is -1.40. The highest BCUT2D eigenvalue weighted by Gasteiger charge is 2.17. The van der Waals surface area contributed by atoms with Gasteiger partial charge in [-0.3, -0.25) is 14.3 Å². The van der Waals surface area contributed by atoms with Gasteiger partial charge in [-0.25, -0.2) is 4.79 Å². The summed E-state index contributed by atoms with van der Waals surface area (Å²) in [6.07, 6.45) is 0.480. The molecule has 1 N–H and O–H groups in total. The zero-order chi connectivity index (χ0) is 13.3. The normalized spacial score (nSPS) is 12.6. The highest BCUT2D eigenvalue weighted by Crippen LogP contribution is 2.14. The van der Waals surface area contributed by atoms with Gasteiger partial charge in [-0.1, -0.05) is 11.6 Å². The molecule has 0 aliphatic carbocycles. The number of rotatable bonds is 3. The number of hydrogen-bond acceptors (Lipinski definition) is 3. The molecule has 4 nitrogen and oxygen atoms in total. The van der Waals surface area contributed by atoms with Crippen LogP contribution in [0.25, 0.3) is 0 Å². The molecular formula is C11H10ClFN2O2S. The Balaban J connectivity index is 2.42. The van der Waals surface area contributed by atoms with E-state index in [0.717, 1.165) is 10.1 Å². The number of aromatic nitrogens is 2. The van der Waals surface area contributed by atoms with Crippen molar-refractivity contribution in [1.82, 2.24) is 9.55 Å². The standard InChI is InChI=1S/C11H10ClFN2O2S/c1-6(4-7-2-3-18-5-7)15-10(16)8(13)9(12)14-11(15)17/h2-3,5-6H,4H2,1H3,(H,14,17). The van der Waals surface area contributed by atoms with Crippen molar-refractivity contribution in [3.05, 3.63) is 54.2 Å². The lowest BCUT2D eigenvalue weighted by molar-refractivity contribution is 0.469. The molecular weight excluding hydrogens is 279 g/mol. The SMILES string of the molecule is CC(Cc1ccsc1)n1c(=O)[nH]c(Cl)c(F)c1=O. The molecule has 2 heterocycles. The molecule has 0 aliphatic rings. The van der Waals surface area contributed by atoms with Gasteiger partial charge in [0.15, 0.2) is 5.15 Å². The monoisotopic (exact) mass is 288 g/mol. The van der Waals surface area contributed by atoms with E-state index in [4.69, 9.17) is 11.6 Å². The van der Waals surface area contributed by atoms with Crippen molar-refractivity contribution in [2.45, 2.75) is 19.4 Å². The van der Waals surface area contributed by atoms with Crippen LogP contribution in [0.4, 0.5) is 4.39 Å². The summed E-state index contributed by atoms with van der Waals surface area (Å²) in [7, 11) is 0. The summed E-state index contributed by atoms with van der Waals surface area (Å²) in [5.41, 5.74) is -0.699. The van der Waals surface area contributed by atoms with Gasteiger partial charge in [0.05, 0.1) is 0 Å². The summed E-state index contributed by atoms with van der Waals surface area (Å²) in [5.74, 6) is -1.13. The van der Waals surface area contributed by atoms with E-state index >= 15 is 0 Å². The Bertz CT molecular complexity index is 663. The third-order valence-electron chi connectivity index (χ3n) is 2.59. The maximum absolute atomic E-state index is 13.4. The number of H-pyrrole nitrogens is 1. The Morgan fingerprint density at radius 3 is 2.89 bits per heavy atom. The molecule has 1 unspecified atom stereocenters. The molecule has 18 heavy (non-hydrogen) atoms. The summed E-state index contributed by atoms with van der Waals surface area (Å²) in [5, 5.41) is 3.27. The minimum atomic E-state index is -1.13. The molecule has 0 bridgehead atoms. The van der Waals surface area contributed by atoms with E-state index in [0.29, 0.717) is 6.42 Å². The second-order valence-electron chi connectivity index (χ2n) is 3.92. The molecule has 2 aromatic heterocycles. The fraction of sp³-hybridized carbons (Fsp3) is 0.273. The number of aromatic amines is 1. The Morgan fingerprint density at radius 1 is 1.56 bits per heavy atom. The Labute approximate surface area is 111 Å². The fourth-order valence-corrected chi connectivity index (χ4v) is 2.59. The van der Waals surface area contributed by atoms with Gasteiger partial charge < -0.3 is 0 Å². The van der Waals surface area contributed by atoms with Crippen LogP contribution in [-0.4, -0.2) is 9.55 Å². The molecule has 0 fully saturated rings. The van der Waals surface area contributed by atoms with Crippen molar-refractivity contribution in [2.75, 3.05) is 0 Å².